The molecule has 0 unspecified atom stereocenters. The van der Waals surface area contributed by atoms with Crippen molar-refractivity contribution in [1.29, 1.82) is 0 Å². The molecule has 0 spiro atoms. The number of rotatable bonds is 2. The van der Waals surface area contributed by atoms with Crippen molar-refractivity contribution in [3.63, 3.8) is 0 Å². The molecular weight excluding hydrogens is 210 g/mol. The molecule has 0 aliphatic rings. The highest BCUT2D eigenvalue weighted by Gasteiger charge is 2.06. The molecule has 0 atom stereocenters. The first-order valence-corrected chi connectivity index (χ1v) is 4.57. The van der Waals surface area contributed by atoms with Crippen LogP contribution >= 0.6 is 0 Å². The summed E-state index contributed by atoms with van der Waals surface area (Å²) >= 11 is 0. The van der Waals surface area contributed by atoms with E-state index in [1.807, 2.05) is 0 Å². The van der Waals surface area contributed by atoms with Crippen LogP contribution in [0.25, 0.3) is 11.2 Å². The number of anilines is 2. The predicted molar refractivity (Wildman–Crippen MR) is 56.5 cm³/mol. The lowest BCUT2D eigenvalue weighted by Gasteiger charge is -2.00. The van der Waals surface area contributed by atoms with Crippen LogP contribution in [0.4, 0.5) is 11.8 Å². The lowest BCUT2D eigenvalue weighted by atomic mass is 10.5. The molecule has 3 rings (SSSR count). The van der Waals surface area contributed by atoms with Gasteiger partial charge >= 0.3 is 0 Å². The van der Waals surface area contributed by atoms with Gasteiger partial charge in [0.1, 0.15) is 0 Å². The first-order chi connectivity index (χ1) is 7.83. The topological polar surface area (TPSA) is 99.6 Å². The standard InChI is InChI=1S/C9H7N5O2/c15-8-6-7(11-4-10-6)13-9(14-8)12-5-2-1-3-16-5/h1-4H,(H3,10,11,12,13,14,15). The number of aromatic nitrogens is 4. The van der Waals surface area contributed by atoms with Gasteiger partial charge in [-0.25, -0.2) is 4.98 Å². The Kier molecular flexibility index (Phi) is 1.76. The zero-order valence-corrected chi connectivity index (χ0v) is 8.02. The molecule has 3 heterocycles. The number of H-pyrrole nitrogens is 2. The molecule has 7 nitrogen and oxygen atoms in total. The Labute approximate surface area is 88.5 Å². The summed E-state index contributed by atoms with van der Waals surface area (Å²) in [6.45, 7) is 0. The second kappa shape index (κ2) is 3.23. The molecule has 0 amide bonds. The Morgan fingerprint density at radius 1 is 1.44 bits per heavy atom. The van der Waals surface area contributed by atoms with E-state index < -0.39 is 0 Å². The van der Waals surface area contributed by atoms with Gasteiger partial charge in [-0.15, -0.1) is 0 Å². The molecule has 0 aliphatic heterocycles. The lowest BCUT2D eigenvalue weighted by Crippen LogP contribution is -2.10. The van der Waals surface area contributed by atoms with E-state index in [9.17, 15) is 4.79 Å². The number of imidazole rings is 1. The van der Waals surface area contributed by atoms with Gasteiger partial charge in [0.05, 0.1) is 12.6 Å². The molecule has 7 heteroatoms. The largest absolute Gasteiger partial charge is 0.449 e. The van der Waals surface area contributed by atoms with Crippen molar-refractivity contribution in [2.45, 2.75) is 0 Å². The van der Waals surface area contributed by atoms with Gasteiger partial charge in [-0.3, -0.25) is 15.1 Å². The summed E-state index contributed by atoms with van der Waals surface area (Å²) in [5, 5.41) is 2.82. The normalized spacial score (nSPS) is 10.8. The minimum absolute atomic E-state index is 0.281. The Bertz CT molecular complexity index is 667. The third kappa shape index (κ3) is 1.34. The molecule has 0 saturated carbocycles. The van der Waals surface area contributed by atoms with Gasteiger partial charge in [0.25, 0.3) is 5.56 Å². The SMILES string of the molecule is O=c1[nH]c(Nc2ccco2)nc2nc[nH]c12. The molecule has 0 aromatic carbocycles. The van der Waals surface area contributed by atoms with Crippen LogP contribution in [0.3, 0.4) is 0 Å². The molecule has 0 radical (unpaired) electrons. The molecule has 0 bridgehead atoms. The van der Waals surface area contributed by atoms with Crippen molar-refractivity contribution in [3.05, 3.63) is 35.1 Å². The molecule has 0 fully saturated rings. The van der Waals surface area contributed by atoms with Crippen molar-refractivity contribution in [2.24, 2.45) is 0 Å². The first kappa shape index (κ1) is 8.72. The summed E-state index contributed by atoms with van der Waals surface area (Å²) in [6.07, 6.45) is 2.94. The molecule has 80 valence electrons. The Hall–Kier alpha value is -2.57. The van der Waals surface area contributed by atoms with Gasteiger partial charge in [-0.1, -0.05) is 0 Å². The Balaban J connectivity index is 2.07. The maximum absolute atomic E-state index is 11.6. The number of furan rings is 1. The van der Waals surface area contributed by atoms with Crippen LogP contribution in [-0.4, -0.2) is 19.9 Å². The van der Waals surface area contributed by atoms with Crippen molar-refractivity contribution in [3.8, 4) is 0 Å². The van der Waals surface area contributed by atoms with Gasteiger partial charge in [-0.05, 0) is 6.07 Å². The maximum Gasteiger partial charge on any atom is 0.278 e. The summed E-state index contributed by atoms with van der Waals surface area (Å²) in [4.78, 5) is 24.8. The van der Waals surface area contributed by atoms with E-state index in [0.29, 0.717) is 23.0 Å². The van der Waals surface area contributed by atoms with Crippen LogP contribution in [0.5, 0.6) is 0 Å². The fraction of sp³-hybridized carbons (Fsp3) is 0. The van der Waals surface area contributed by atoms with Gasteiger partial charge in [0, 0.05) is 6.07 Å². The zero-order chi connectivity index (χ0) is 11.0. The molecule has 0 aliphatic carbocycles. The molecular formula is C9H7N5O2. The lowest BCUT2D eigenvalue weighted by molar-refractivity contribution is 0.584. The predicted octanol–water partition coefficient (Wildman–Crippen LogP) is 0.983. The highest BCUT2D eigenvalue weighted by molar-refractivity contribution is 5.70. The monoisotopic (exact) mass is 217 g/mol. The van der Waals surface area contributed by atoms with E-state index in [0.717, 1.165) is 0 Å². The maximum atomic E-state index is 11.6. The van der Waals surface area contributed by atoms with Crippen LogP contribution in [-0.2, 0) is 0 Å². The number of hydrogen-bond donors (Lipinski definition) is 3. The number of nitrogens with zero attached hydrogens (tertiary/aromatic N) is 2. The average molecular weight is 217 g/mol. The summed E-state index contributed by atoms with van der Waals surface area (Å²) in [7, 11) is 0. The highest BCUT2D eigenvalue weighted by atomic mass is 16.3. The van der Waals surface area contributed by atoms with Crippen molar-refractivity contribution < 1.29 is 4.42 Å². The zero-order valence-electron chi connectivity index (χ0n) is 8.02. The minimum Gasteiger partial charge on any atom is -0.449 e. The number of fused-ring (bicyclic) bond motifs is 1. The van der Waals surface area contributed by atoms with Crippen molar-refractivity contribution in [2.75, 3.05) is 5.32 Å². The molecule has 16 heavy (non-hydrogen) atoms. The fourth-order valence-electron chi connectivity index (χ4n) is 1.37. The van der Waals surface area contributed by atoms with Crippen LogP contribution in [0, 0.1) is 0 Å². The van der Waals surface area contributed by atoms with Crippen molar-refractivity contribution in [1.82, 2.24) is 19.9 Å². The second-order valence-electron chi connectivity index (χ2n) is 3.12. The third-order valence-corrected chi connectivity index (χ3v) is 2.06. The van der Waals surface area contributed by atoms with Gasteiger partial charge in [0.2, 0.25) is 5.95 Å². The molecule has 0 saturated heterocycles. The highest BCUT2D eigenvalue weighted by Crippen LogP contribution is 2.12. The third-order valence-electron chi connectivity index (χ3n) is 2.06. The van der Waals surface area contributed by atoms with Crippen LogP contribution in [0.1, 0.15) is 0 Å². The van der Waals surface area contributed by atoms with Gasteiger partial charge < -0.3 is 9.40 Å². The fourth-order valence-corrected chi connectivity index (χ4v) is 1.37. The Morgan fingerprint density at radius 3 is 3.19 bits per heavy atom. The second-order valence-corrected chi connectivity index (χ2v) is 3.12. The molecule has 3 N–H and O–H groups in total. The first-order valence-electron chi connectivity index (χ1n) is 4.57. The molecule has 3 aromatic heterocycles. The van der Waals surface area contributed by atoms with E-state index in [4.69, 9.17) is 4.42 Å². The number of aromatic amines is 2. The summed E-state index contributed by atoms with van der Waals surface area (Å²) in [5.41, 5.74) is 0.430. The van der Waals surface area contributed by atoms with Crippen molar-refractivity contribution >= 4 is 23.0 Å². The van der Waals surface area contributed by atoms with Gasteiger partial charge in [-0.2, -0.15) is 4.98 Å². The molecule has 3 aromatic rings. The van der Waals surface area contributed by atoms with Crippen LogP contribution in [0.2, 0.25) is 0 Å². The van der Waals surface area contributed by atoms with E-state index >= 15 is 0 Å². The summed E-state index contributed by atoms with van der Waals surface area (Å²) < 4.78 is 5.07. The average Bonchev–Trinajstić information content (AvgIpc) is 2.87. The van der Waals surface area contributed by atoms with E-state index in [2.05, 4.69) is 25.3 Å². The summed E-state index contributed by atoms with van der Waals surface area (Å²) in [5.74, 6) is 0.789. The van der Waals surface area contributed by atoms with E-state index in [1.54, 1.807) is 12.1 Å². The Morgan fingerprint density at radius 2 is 2.38 bits per heavy atom. The number of nitrogens with one attached hydrogen (secondary N) is 3. The van der Waals surface area contributed by atoms with Crippen LogP contribution < -0.4 is 10.9 Å². The van der Waals surface area contributed by atoms with Crippen LogP contribution in [0.15, 0.2) is 33.9 Å². The minimum atomic E-state index is -0.281. The smallest absolute Gasteiger partial charge is 0.278 e. The quantitative estimate of drug-likeness (QED) is 0.594. The van der Waals surface area contributed by atoms with Gasteiger partial charge in [0.15, 0.2) is 17.0 Å². The number of hydrogen-bond acceptors (Lipinski definition) is 5. The van der Waals surface area contributed by atoms with E-state index in [1.165, 1.54) is 12.6 Å². The summed E-state index contributed by atoms with van der Waals surface area (Å²) in [6, 6.07) is 3.45. The van der Waals surface area contributed by atoms with E-state index in [-0.39, 0.29) is 5.56 Å².